The van der Waals surface area contributed by atoms with Gasteiger partial charge in [-0.3, -0.25) is 15.1 Å². The Morgan fingerprint density at radius 2 is 2.14 bits per heavy atom. The van der Waals surface area contributed by atoms with Gasteiger partial charge in [0.15, 0.2) is 17.6 Å². The highest BCUT2D eigenvalue weighted by molar-refractivity contribution is 8.00. The number of aliphatic imine (C=N–C) groups is 1. The lowest BCUT2D eigenvalue weighted by Crippen LogP contribution is -2.55. The van der Waals surface area contributed by atoms with Crippen LogP contribution >= 0.6 is 23.7 Å². The quantitative estimate of drug-likeness (QED) is 0.0772. The summed E-state index contributed by atoms with van der Waals surface area (Å²) in [5.41, 5.74) is 4.94. The fourth-order valence-corrected chi connectivity index (χ4v) is 5.90. The van der Waals surface area contributed by atoms with Crippen molar-refractivity contribution in [2.45, 2.75) is 35.5 Å². The summed E-state index contributed by atoms with van der Waals surface area (Å²) in [5.74, 6) is -3.78. The molecule has 4 rings (SSSR count). The van der Waals surface area contributed by atoms with Crippen LogP contribution in [-0.2, 0) is 14.4 Å². The van der Waals surface area contributed by atoms with Crippen LogP contribution < -0.4 is 26.4 Å². The molecule has 0 saturated carbocycles. The lowest BCUT2D eigenvalue weighted by atomic mass is 10.1. The molecular weight excluding hydrogens is 528 g/mol. The van der Waals surface area contributed by atoms with Crippen molar-refractivity contribution in [3.8, 4) is 5.88 Å². The van der Waals surface area contributed by atoms with Crippen LogP contribution in [0.2, 0.25) is 0 Å². The number of oxime groups is 1. The molecule has 17 heteroatoms. The van der Waals surface area contributed by atoms with Crippen LogP contribution in [0.4, 0.5) is 0 Å². The van der Waals surface area contributed by atoms with E-state index in [9.17, 15) is 34.9 Å². The molecule has 200 valence electrons. The summed E-state index contributed by atoms with van der Waals surface area (Å²) in [7, 11) is 0. The molecule has 37 heavy (non-hydrogen) atoms. The number of hydrogen-bond donors (Lipinski definition) is 9. The number of nitrogens with one attached hydrogen (secondary N) is 4. The summed E-state index contributed by atoms with van der Waals surface area (Å²) in [6.45, 7) is 1.54. The van der Waals surface area contributed by atoms with Crippen molar-refractivity contribution < 1.29 is 34.9 Å². The fraction of sp³-hybridized carbons (Fsp3) is 0.450. The molecule has 4 heterocycles. The number of aromatic nitrogens is 1. The number of hydrogen-bond acceptors (Lipinski definition) is 13. The van der Waals surface area contributed by atoms with E-state index in [2.05, 4.69) is 30.8 Å². The SMILES string of the molecule is NC1N[C@H](/C(=N/O)C(=O)N[C@H](C(=O)O)[C@@H]2N=C(C(=O)O)/C(=C\c3ccn([C@@H]4CCNC4)c3O)CS2)NS1. The van der Waals surface area contributed by atoms with Crippen LogP contribution in [0.1, 0.15) is 18.0 Å². The first kappa shape index (κ1) is 27.0. The van der Waals surface area contributed by atoms with Gasteiger partial charge in [-0.15, -0.1) is 11.8 Å². The molecule has 15 nitrogen and oxygen atoms in total. The highest BCUT2D eigenvalue weighted by Crippen LogP contribution is 2.32. The van der Waals surface area contributed by atoms with Crippen molar-refractivity contribution in [2.75, 3.05) is 18.8 Å². The van der Waals surface area contributed by atoms with E-state index in [-0.39, 0.29) is 29.0 Å². The van der Waals surface area contributed by atoms with E-state index in [1.165, 1.54) is 6.08 Å². The van der Waals surface area contributed by atoms with E-state index in [1.807, 2.05) is 0 Å². The third-order valence-corrected chi connectivity index (χ3v) is 7.90. The van der Waals surface area contributed by atoms with Gasteiger partial charge in [0.1, 0.15) is 22.7 Å². The zero-order chi connectivity index (χ0) is 26.7. The lowest BCUT2D eigenvalue weighted by molar-refractivity contribution is -0.141. The molecule has 1 aromatic heterocycles. The first-order valence-corrected chi connectivity index (χ1v) is 13.0. The van der Waals surface area contributed by atoms with E-state index >= 15 is 0 Å². The molecule has 0 aliphatic carbocycles. The first-order chi connectivity index (χ1) is 17.7. The van der Waals surface area contributed by atoms with Gasteiger partial charge >= 0.3 is 11.9 Å². The Morgan fingerprint density at radius 3 is 2.73 bits per heavy atom. The minimum absolute atomic E-state index is 0.00317. The van der Waals surface area contributed by atoms with Crippen molar-refractivity contribution in [3.63, 3.8) is 0 Å². The van der Waals surface area contributed by atoms with E-state index in [4.69, 9.17) is 5.73 Å². The van der Waals surface area contributed by atoms with Gasteiger partial charge in [0.2, 0.25) is 0 Å². The zero-order valence-corrected chi connectivity index (χ0v) is 20.8. The predicted molar refractivity (Wildman–Crippen MR) is 136 cm³/mol. The Kier molecular flexibility index (Phi) is 8.40. The molecule has 2 fully saturated rings. The van der Waals surface area contributed by atoms with Crippen LogP contribution in [0.15, 0.2) is 28.0 Å². The van der Waals surface area contributed by atoms with E-state index in [0.29, 0.717) is 12.1 Å². The second-order valence-corrected chi connectivity index (χ2v) is 10.4. The molecule has 0 bridgehead atoms. The van der Waals surface area contributed by atoms with Gasteiger partial charge < -0.3 is 41.5 Å². The minimum Gasteiger partial charge on any atom is -0.494 e. The van der Waals surface area contributed by atoms with Crippen LogP contribution in [0.5, 0.6) is 5.88 Å². The van der Waals surface area contributed by atoms with Crippen molar-refractivity contribution in [3.05, 3.63) is 23.4 Å². The van der Waals surface area contributed by atoms with Gasteiger partial charge in [-0.05, 0) is 42.6 Å². The summed E-state index contributed by atoms with van der Waals surface area (Å²) in [6, 6.07) is 0.126. The van der Waals surface area contributed by atoms with E-state index in [0.717, 1.165) is 36.7 Å². The molecule has 1 unspecified atom stereocenters. The van der Waals surface area contributed by atoms with E-state index in [1.54, 1.807) is 16.8 Å². The van der Waals surface area contributed by atoms with Crippen LogP contribution in [-0.4, -0.2) is 96.3 Å². The third-order valence-electron chi connectivity index (χ3n) is 5.94. The number of thioether (sulfide) groups is 1. The number of carbonyl (C=O) groups is 3. The number of carbonyl (C=O) groups excluding carboxylic acids is 1. The Balaban J connectivity index is 1.55. The smallest absolute Gasteiger partial charge is 0.354 e. The molecule has 5 atom stereocenters. The molecule has 1 amide bonds. The summed E-state index contributed by atoms with van der Waals surface area (Å²) in [5, 5.41) is 49.4. The summed E-state index contributed by atoms with van der Waals surface area (Å²) in [4.78, 5) is 40.8. The van der Waals surface area contributed by atoms with Gasteiger partial charge in [0, 0.05) is 24.1 Å². The minimum atomic E-state index is -1.63. The summed E-state index contributed by atoms with van der Waals surface area (Å²) in [6.07, 6.45) is 3.14. The highest BCUT2D eigenvalue weighted by Gasteiger charge is 2.38. The lowest BCUT2D eigenvalue weighted by Gasteiger charge is -2.26. The maximum atomic E-state index is 12.7. The molecule has 3 aliphatic rings. The second-order valence-electron chi connectivity index (χ2n) is 8.33. The number of carboxylic acid groups (broad SMARTS) is 2. The first-order valence-electron chi connectivity index (χ1n) is 11.1. The van der Waals surface area contributed by atoms with Gasteiger partial charge in [-0.2, -0.15) is 0 Å². The van der Waals surface area contributed by atoms with Gasteiger partial charge in [0.25, 0.3) is 5.91 Å². The number of carboxylic acids is 2. The molecule has 0 radical (unpaired) electrons. The van der Waals surface area contributed by atoms with Crippen molar-refractivity contribution >= 4 is 59.1 Å². The number of aliphatic carboxylic acids is 2. The van der Waals surface area contributed by atoms with Crippen molar-refractivity contribution in [1.29, 1.82) is 0 Å². The predicted octanol–water partition coefficient (Wildman–Crippen LogP) is -1.48. The van der Waals surface area contributed by atoms with Crippen LogP contribution in [0, 0.1) is 0 Å². The number of aromatic hydroxyl groups is 1. The average molecular weight is 555 g/mol. The van der Waals surface area contributed by atoms with Gasteiger partial charge in [0.05, 0.1) is 6.04 Å². The topological polar surface area (TPSA) is 236 Å². The third kappa shape index (κ3) is 5.91. The van der Waals surface area contributed by atoms with Crippen LogP contribution in [0.25, 0.3) is 6.08 Å². The molecule has 1 aromatic rings. The normalized spacial score (nSPS) is 28.2. The molecule has 3 aliphatic heterocycles. The Morgan fingerprint density at radius 1 is 1.35 bits per heavy atom. The largest absolute Gasteiger partial charge is 0.494 e. The molecule has 2 saturated heterocycles. The van der Waals surface area contributed by atoms with Gasteiger partial charge in [-0.25, -0.2) is 14.3 Å². The summed E-state index contributed by atoms with van der Waals surface area (Å²) < 4.78 is 4.45. The van der Waals surface area contributed by atoms with Crippen LogP contribution in [0.3, 0.4) is 0 Å². The Bertz CT molecular complexity index is 1160. The Labute approximate surface area is 218 Å². The maximum absolute atomic E-state index is 12.7. The molecule has 0 aromatic carbocycles. The Hall–Kier alpha value is -3.09. The maximum Gasteiger partial charge on any atom is 0.354 e. The van der Waals surface area contributed by atoms with Gasteiger partial charge in [-0.1, -0.05) is 5.16 Å². The van der Waals surface area contributed by atoms with Crippen molar-refractivity contribution in [2.24, 2.45) is 15.9 Å². The summed E-state index contributed by atoms with van der Waals surface area (Å²) >= 11 is 2.05. The molecule has 0 spiro atoms. The standard InChI is InChI=1S/C20H26N8O7S2/c21-20-25-14(27-37-20)12(26-35)15(29)23-13(19(33)34)16-24-11(18(31)32)9(7-36-16)5-8-2-4-28(17(8)30)10-1-3-22-6-10/h2,4-5,10,13-14,16,20,22,25,27,30,35H,1,3,6-7,21H2,(H,23,29)(H,31,32)(H,33,34)/b9-5-,26-12-/t10-,13+,14+,16-,20?/m1/s1. The number of nitrogens with zero attached hydrogens (tertiary/aromatic N) is 3. The number of nitrogens with two attached hydrogens (primary N) is 1. The van der Waals surface area contributed by atoms with E-state index < -0.39 is 46.6 Å². The number of rotatable bonds is 8. The number of amides is 1. The zero-order valence-electron chi connectivity index (χ0n) is 19.2. The highest BCUT2D eigenvalue weighted by atomic mass is 32.2. The average Bonchev–Trinajstić information content (AvgIpc) is 3.61. The molecular formula is C20H26N8O7S2. The second kappa shape index (κ2) is 11.5. The fourth-order valence-electron chi connectivity index (χ4n) is 4.10. The monoisotopic (exact) mass is 554 g/mol. The molecule has 10 N–H and O–H groups in total. The van der Waals surface area contributed by atoms with Crippen molar-refractivity contribution in [1.82, 2.24) is 25.2 Å².